The van der Waals surface area contributed by atoms with Gasteiger partial charge in [0, 0.05) is 12.1 Å². The second-order valence-corrected chi connectivity index (χ2v) is 5.01. The monoisotopic (exact) mass is 287 g/mol. The lowest BCUT2D eigenvalue weighted by molar-refractivity contribution is -0.159. The predicted molar refractivity (Wildman–Crippen MR) is 69.2 cm³/mol. The first kappa shape index (κ1) is 16.4. The number of carbonyl (C=O) groups excluding carboxylic acids is 1. The molecule has 0 aromatic rings. The minimum absolute atomic E-state index is 0.0182. The number of carboxylic acids is 2. The largest absolute Gasteiger partial charge is 0.473 e. The maximum absolute atomic E-state index is 11.7. The van der Waals surface area contributed by atoms with E-state index in [4.69, 9.17) is 24.5 Å². The molecule has 2 saturated heterocycles. The van der Waals surface area contributed by atoms with Crippen molar-refractivity contribution in [1.29, 1.82) is 0 Å². The normalized spacial score (nSPS) is 28.2. The second-order valence-electron chi connectivity index (χ2n) is 5.01. The summed E-state index contributed by atoms with van der Waals surface area (Å²) in [7, 11) is 2.15. The summed E-state index contributed by atoms with van der Waals surface area (Å²) in [6, 6.07) is 1.18. The standard InChI is InChI=1S/C11H19NO2.C2H2O4/c1-3-14-11(13)9-6-4-8-5-7-10(9)12(8)2;3-1(4)2(5)6/h8-10H,3-7H2,1-2H3;(H,3,4)(H,5,6). The molecule has 0 aromatic heterocycles. The highest BCUT2D eigenvalue weighted by molar-refractivity contribution is 6.27. The molecule has 0 saturated carbocycles. The van der Waals surface area contributed by atoms with Crippen LogP contribution < -0.4 is 0 Å². The molecule has 0 amide bonds. The van der Waals surface area contributed by atoms with Crippen molar-refractivity contribution in [2.45, 2.75) is 44.7 Å². The minimum Gasteiger partial charge on any atom is -0.473 e. The van der Waals surface area contributed by atoms with Crippen LogP contribution in [0, 0.1) is 5.92 Å². The molecule has 20 heavy (non-hydrogen) atoms. The predicted octanol–water partition coefficient (Wildman–Crippen LogP) is 0.578. The van der Waals surface area contributed by atoms with Crippen LogP contribution in [0.3, 0.4) is 0 Å². The molecule has 0 radical (unpaired) electrons. The topological polar surface area (TPSA) is 104 Å². The van der Waals surface area contributed by atoms with E-state index in [1.807, 2.05) is 6.92 Å². The second kappa shape index (κ2) is 7.23. The number of aliphatic carboxylic acids is 2. The Hall–Kier alpha value is -1.63. The van der Waals surface area contributed by atoms with Crippen molar-refractivity contribution < 1.29 is 29.3 Å². The Morgan fingerprint density at radius 1 is 1.10 bits per heavy atom. The van der Waals surface area contributed by atoms with Crippen molar-refractivity contribution in [3.05, 3.63) is 0 Å². The van der Waals surface area contributed by atoms with E-state index in [2.05, 4.69) is 11.9 Å². The smallest absolute Gasteiger partial charge is 0.414 e. The summed E-state index contributed by atoms with van der Waals surface area (Å²) in [6.45, 7) is 2.39. The van der Waals surface area contributed by atoms with Gasteiger partial charge in [0.2, 0.25) is 0 Å². The number of carboxylic acid groups (broad SMARTS) is 2. The number of hydrogen-bond donors (Lipinski definition) is 2. The Morgan fingerprint density at radius 3 is 2.15 bits per heavy atom. The average molecular weight is 287 g/mol. The summed E-state index contributed by atoms with van der Waals surface area (Å²) in [5.41, 5.74) is 0. The van der Waals surface area contributed by atoms with Crippen LogP contribution in [0.1, 0.15) is 32.6 Å². The van der Waals surface area contributed by atoms with Crippen LogP contribution in [0.25, 0.3) is 0 Å². The number of hydrogen-bond acceptors (Lipinski definition) is 5. The van der Waals surface area contributed by atoms with Crippen LogP contribution in [0.4, 0.5) is 0 Å². The van der Waals surface area contributed by atoms with Gasteiger partial charge in [-0.05, 0) is 39.7 Å². The Labute approximate surface area is 117 Å². The van der Waals surface area contributed by atoms with E-state index in [-0.39, 0.29) is 11.9 Å². The fraction of sp³-hybridized carbons (Fsp3) is 0.769. The third kappa shape index (κ3) is 3.93. The van der Waals surface area contributed by atoms with Crippen molar-refractivity contribution in [3.8, 4) is 0 Å². The van der Waals surface area contributed by atoms with E-state index >= 15 is 0 Å². The SMILES string of the molecule is CCOC(=O)C1CCC2CCC1N2C.O=C(O)C(=O)O. The zero-order chi connectivity index (χ0) is 15.3. The van der Waals surface area contributed by atoms with Crippen molar-refractivity contribution in [3.63, 3.8) is 0 Å². The molecule has 0 aliphatic carbocycles. The number of esters is 1. The lowest BCUT2D eigenvalue weighted by Crippen LogP contribution is -2.45. The Balaban J connectivity index is 0.000000286. The van der Waals surface area contributed by atoms with Gasteiger partial charge in [0.1, 0.15) is 0 Å². The highest BCUT2D eigenvalue weighted by Gasteiger charge is 2.43. The van der Waals surface area contributed by atoms with E-state index < -0.39 is 11.9 Å². The lowest BCUT2D eigenvalue weighted by Gasteiger charge is -2.36. The van der Waals surface area contributed by atoms with Crippen LogP contribution in [0.2, 0.25) is 0 Å². The number of nitrogens with zero attached hydrogens (tertiary/aromatic N) is 1. The zero-order valence-corrected chi connectivity index (χ0v) is 11.7. The van der Waals surface area contributed by atoms with Crippen molar-refractivity contribution in [2.24, 2.45) is 5.92 Å². The van der Waals surface area contributed by atoms with E-state index in [1.54, 1.807) is 0 Å². The summed E-state index contributed by atoms with van der Waals surface area (Å²) in [5.74, 6) is -3.49. The molecule has 2 bridgehead atoms. The van der Waals surface area contributed by atoms with Crippen molar-refractivity contribution in [1.82, 2.24) is 4.90 Å². The van der Waals surface area contributed by atoms with Gasteiger partial charge in [0.25, 0.3) is 0 Å². The van der Waals surface area contributed by atoms with Gasteiger partial charge in [-0.3, -0.25) is 9.69 Å². The van der Waals surface area contributed by atoms with E-state index in [0.717, 1.165) is 18.9 Å². The third-order valence-electron chi connectivity index (χ3n) is 3.94. The number of rotatable bonds is 2. The van der Waals surface area contributed by atoms with Gasteiger partial charge in [-0.2, -0.15) is 0 Å². The first-order valence-electron chi connectivity index (χ1n) is 6.73. The molecule has 0 aromatic carbocycles. The highest BCUT2D eigenvalue weighted by Crippen LogP contribution is 2.38. The van der Waals surface area contributed by atoms with Gasteiger partial charge in [-0.25, -0.2) is 9.59 Å². The number of ether oxygens (including phenoxy) is 1. The minimum atomic E-state index is -1.82. The summed E-state index contributed by atoms with van der Waals surface area (Å²) < 4.78 is 5.11. The number of piperidine rings is 1. The van der Waals surface area contributed by atoms with Gasteiger partial charge in [0.15, 0.2) is 0 Å². The fourth-order valence-electron chi connectivity index (χ4n) is 2.96. The van der Waals surface area contributed by atoms with E-state index in [1.165, 1.54) is 12.8 Å². The zero-order valence-electron chi connectivity index (χ0n) is 11.7. The molecule has 2 rings (SSSR count). The van der Waals surface area contributed by atoms with Crippen LogP contribution in [0.15, 0.2) is 0 Å². The third-order valence-corrected chi connectivity index (χ3v) is 3.94. The van der Waals surface area contributed by atoms with Crippen molar-refractivity contribution >= 4 is 17.9 Å². The molecule has 0 spiro atoms. The molecule has 114 valence electrons. The van der Waals surface area contributed by atoms with Gasteiger partial charge >= 0.3 is 17.9 Å². The van der Waals surface area contributed by atoms with Gasteiger partial charge in [0.05, 0.1) is 12.5 Å². The van der Waals surface area contributed by atoms with Crippen LogP contribution in [-0.4, -0.2) is 58.8 Å². The van der Waals surface area contributed by atoms with Gasteiger partial charge < -0.3 is 14.9 Å². The molecule has 2 heterocycles. The molecule has 3 unspecified atom stereocenters. The molecule has 7 nitrogen and oxygen atoms in total. The maximum atomic E-state index is 11.7. The number of fused-ring (bicyclic) bond motifs is 2. The fourth-order valence-corrected chi connectivity index (χ4v) is 2.96. The summed E-state index contributed by atoms with van der Waals surface area (Å²) in [6.07, 6.45) is 4.62. The van der Waals surface area contributed by atoms with E-state index in [9.17, 15) is 4.79 Å². The summed E-state index contributed by atoms with van der Waals surface area (Å²) >= 11 is 0. The van der Waals surface area contributed by atoms with Gasteiger partial charge in [-0.15, -0.1) is 0 Å². The summed E-state index contributed by atoms with van der Waals surface area (Å²) in [4.78, 5) is 32.3. The van der Waals surface area contributed by atoms with Crippen LogP contribution in [-0.2, 0) is 19.1 Å². The quantitative estimate of drug-likeness (QED) is 0.565. The van der Waals surface area contributed by atoms with Crippen molar-refractivity contribution in [2.75, 3.05) is 13.7 Å². The van der Waals surface area contributed by atoms with Crippen LogP contribution >= 0.6 is 0 Å². The van der Waals surface area contributed by atoms with E-state index in [0.29, 0.717) is 12.6 Å². The Kier molecular flexibility index (Phi) is 5.94. The molecule has 2 N–H and O–H groups in total. The number of carbonyl (C=O) groups is 3. The van der Waals surface area contributed by atoms with Crippen LogP contribution in [0.5, 0.6) is 0 Å². The first-order chi connectivity index (χ1) is 9.38. The molecule has 2 aliphatic rings. The van der Waals surface area contributed by atoms with Gasteiger partial charge in [-0.1, -0.05) is 0 Å². The molecule has 3 atom stereocenters. The summed E-state index contributed by atoms with van der Waals surface area (Å²) in [5, 5.41) is 14.8. The molecular weight excluding hydrogens is 266 g/mol. The lowest BCUT2D eigenvalue weighted by atomic mass is 9.91. The highest BCUT2D eigenvalue weighted by atomic mass is 16.5. The Bertz CT molecular complexity index is 371. The Morgan fingerprint density at radius 2 is 1.65 bits per heavy atom. The molecule has 2 fully saturated rings. The molecular formula is C13H21NO6. The first-order valence-corrected chi connectivity index (χ1v) is 6.73. The molecule has 2 aliphatic heterocycles. The molecule has 7 heteroatoms. The average Bonchev–Trinajstić information content (AvgIpc) is 2.63. The maximum Gasteiger partial charge on any atom is 0.414 e.